The van der Waals surface area contributed by atoms with Gasteiger partial charge >= 0.3 is 0 Å². The van der Waals surface area contributed by atoms with Crippen LogP contribution in [0, 0.1) is 6.92 Å². The Morgan fingerprint density at radius 3 is 2.78 bits per heavy atom. The summed E-state index contributed by atoms with van der Waals surface area (Å²) < 4.78 is 5.66. The molecule has 0 saturated heterocycles. The first-order chi connectivity index (χ1) is 8.76. The molecule has 1 unspecified atom stereocenters. The smallest absolute Gasteiger partial charge is 0.124 e. The molecule has 2 aromatic rings. The zero-order chi connectivity index (χ0) is 13.0. The number of nitrogens with two attached hydrogens (primary N) is 1. The Balaban J connectivity index is 2.38. The Morgan fingerprint density at radius 1 is 1.39 bits per heavy atom. The van der Waals surface area contributed by atoms with Gasteiger partial charge in [0.15, 0.2) is 0 Å². The van der Waals surface area contributed by atoms with Crippen LogP contribution in [0.15, 0.2) is 35.7 Å². The summed E-state index contributed by atoms with van der Waals surface area (Å²) in [5.41, 5.74) is 5.12. The molecule has 2 rings (SSSR count). The highest BCUT2D eigenvalue weighted by Crippen LogP contribution is 2.31. The molecule has 0 radical (unpaired) electrons. The van der Waals surface area contributed by atoms with E-state index in [9.17, 15) is 0 Å². The number of thiophene rings is 1. The van der Waals surface area contributed by atoms with E-state index in [-0.39, 0.29) is 6.04 Å². The molecular formula is C14H18N2OS. The minimum absolute atomic E-state index is 0.0299. The third-order valence-electron chi connectivity index (χ3n) is 2.78. The Kier molecular flexibility index (Phi) is 4.36. The minimum atomic E-state index is -0.0299. The molecule has 1 aromatic carbocycles. The predicted molar refractivity (Wildman–Crippen MR) is 75.8 cm³/mol. The summed E-state index contributed by atoms with van der Waals surface area (Å²) in [6, 6.07) is 10.1. The molecule has 4 heteroatoms. The van der Waals surface area contributed by atoms with Crippen molar-refractivity contribution in [2.24, 2.45) is 5.84 Å². The lowest BCUT2D eigenvalue weighted by molar-refractivity contribution is 0.333. The molecular weight excluding hydrogens is 244 g/mol. The molecule has 0 aliphatic heterocycles. The Hall–Kier alpha value is -1.36. The molecule has 0 amide bonds. The molecule has 1 atom stereocenters. The van der Waals surface area contributed by atoms with Crippen molar-refractivity contribution < 1.29 is 4.74 Å². The minimum Gasteiger partial charge on any atom is -0.494 e. The van der Waals surface area contributed by atoms with E-state index < -0.39 is 0 Å². The van der Waals surface area contributed by atoms with E-state index in [0.29, 0.717) is 6.61 Å². The molecule has 0 saturated carbocycles. The first kappa shape index (κ1) is 13.1. The van der Waals surface area contributed by atoms with Crippen LogP contribution in [0.4, 0.5) is 0 Å². The second-order valence-electron chi connectivity index (χ2n) is 4.06. The van der Waals surface area contributed by atoms with E-state index >= 15 is 0 Å². The average molecular weight is 262 g/mol. The van der Waals surface area contributed by atoms with Gasteiger partial charge in [-0.05, 0) is 36.9 Å². The molecule has 0 bridgehead atoms. The predicted octanol–water partition coefficient (Wildman–Crippen LogP) is 3.01. The van der Waals surface area contributed by atoms with Crippen molar-refractivity contribution >= 4 is 11.3 Å². The van der Waals surface area contributed by atoms with Crippen LogP contribution in [-0.2, 0) is 0 Å². The van der Waals surface area contributed by atoms with E-state index in [0.717, 1.165) is 11.3 Å². The van der Waals surface area contributed by atoms with Crippen molar-refractivity contribution in [1.29, 1.82) is 0 Å². The van der Waals surface area contributed by atoms with Gasteiger partial charge in [0.2, 0.25) is 0 Å². The van der Waals surface area contributed by atoms with Crippen molar-refractivity contribution in [1.82, 2.24) is 5.43 Å². The molecule has 1 aromatic heterocycles. The van der Waals surface area contributed by atoms with Gasteiger partial charge in [-0.25, -0.2) is 5.43 Å². The quantitative estimate of drug-likeness (QED) is 0.643. The van der Waals surface area contributed by atoms with E-state index in [2.05, 4.69) is 23.8 Å². The fourth-order valence-corrected chi connectivity index (χ4v) is 2.72. The molecule has 3 N–H and O–H groups in total. The summed E-state index contributed by atoms with van der Waals surface area (Å²) in [4.78, 5) is 1.28. The SMILES string of the molecule is CCOc1ccccc1C(NN)c1csc(C)c1. The molecule has 96 valence electrons. The van der Waals surface area contributed by atoms with Crippen LogP contribution in [0.5, 0.6) is 5.75 Å². The maximum atomic E-state index is 5.71. The van der Waals surface area contributed by atoms with Gasteiger partial charge < -0.3 is 4.74 Å². The zero-order valence-electron chi connectivity index (χ0n) is 10.6. The number of ether oxygens (including phenoxy) is 1. The number of para-hydroxylation sites is 1. The van der Waals surface area contributed by atoms with Gasteiger partial charge in [0.25, 0.3) is 0 Å². The summed E-state index contributed by atoms with van der Waals surface area (Å²) >= 11 is 1.73. The Labute approximate surface area is 112 Å². The Bertz CT molecular complexity index is 510. The van der Waals surface area contributed by atoms with Gasteiger partial charge in [-0.1, -0.05) is 18.2 Å². The van der Waals surface area contributed by atoms with Crippen LogP contribution in [0.25, 0.3) is 0 Å². The fourth-order valence-electron chi connectivity index (χ4n) is 1.99. The van der Waals surface area contributed by atoms with Crippen LogP contribution >= 0.6 is 11.3 Å². The fraction of sp³-hybridized carbons (Fsp3) is 0.286. The number of benzene rings is 1. The monoisotopic (exact) mass is 262 g/mol. The van der Waals surface area contributed by atoms with Gasteiger partial charge in [0.05, 0.1) is 12.6 Å². The summed E-state index contributed by atoms with van der Waals surface area (Å²) in [6.45, 7) is 4.73. The highest BCUT2D eigenvalue weighted by atomic mass is 32.1. The number of hydrogen-bond acceptors (Lipinski definition) is 4. The number of nitrogens with one attached hydrogen (secondary N) is 1. The lowest BCUT2D eigenvalue weighted by Crippen LogP contribution is -2.28. The van der Waals surface area contributed by atoms with Crippen LogP contribution in [0.1, 0.15) is 29.0 Å². The maximum absolute atomic E-state index is 5.71. The largest absolute Gasteiger partial charge is 0.494 e. The van der Waals surface area contributed by atoms with Gasteiger partial charge in [-0.3, -0.25) is 5.84 Å². The number of hydrazine groups is 1. The van der Waals surface area contributed by atoms with Crippen molar-refractivity contribution in [3.05, 3.63) is 51.7 Å². The van der Waals surface area contributed by atoms with Crippen molar-refractivity contribution in [2.75, 3.05) is 6.61 Å². The first-order valence-corrected chi connectivity index (χ1v) is 6.87. The van der Waals surface area contributed by atoms with Crippen LogP contribution < -0.4 is 16.0 Å². The van der Waals surface area contributed by atoms with Gasteiger partial charge in [-0.15, -0.1) is 11.3 Å². The summed E-state index contributed by atoms with van der Waals surface area (Å²) in [6.07, 6.45) is 0. The van der Waals surface area contributed by atoms with Crippen molar-refractivity contribution in [3.63, 3.8) is 0 Å². The van der Waals surface area contributed by atoms with E-state index in [1.54, 1.807) is 11.3 Å². The van der Waals surface area contributed by atoms with E-state index in [4.69, 9.17) is 10.6 Å². The first-order valence-electron chi connectivity index (χ1n) is 5.99. The van der Waals surface area contributed by atoms with Crippen LogP contribution in [0.3, 0.4) is 0 Å². The van der Waals surface area contributed by atoms with Gasteiger partial charge in [-0.2, -0.15) is 0 Å². The second kappa shape index (κ2) is 6.00. The average Bonchev–Trinajstić information content (AvgIpc) is 2.79. The molecule has 0 fully saturated rings. The third kappa shape index (κ3) is 2.72. The second-order valence-corrected chi connectivity index (χ2v) is 5.18. The number of aryl methyl sites for hydroxylation is 1. The highest BCUT2D eigenvalue weighted by Gasteiger charge is 2.17. The topological polar surface area (TPSA) is 47.3 Å². The van der Waals surface area contributed by atoms with E-state index in [1.165, 1.54) is 10.4 Å². The molecule has 0 aliphatic carbocycles. The van der Waals surface area contributed by atoms with E-state index in [1.807, 2.05) is 31.2 Å². The lowest BCUT2D eigenvalue weighted by Gasteiger charge is -2.18. The third-order valence-corrected chi connectivity index (χ3v) is 3.66. The molecule has 3 nitrogen and oxygen atoms in total. The molecule has 18 heavy (non-hydrogen) atoms. The maximum Gasteiger partial charge on any atom is 0.124 e. The Morgan fingerprint density at radius 2 is 2.17 bits per heavy atom. The van der Waals surface area contributed by atoms with Gasteiger partial charge in [0.1, 0.15) is 5.75 Å². The summed E-state index contributed by atoms with van der Waals surface area (Å²) in [5, 5.41) is 2.13. The highest BCUT2D eigenvalue weighted by molar-refractivity contribution is 7.10. The van der Waals surface area contributed by atoms with Gasteiger partial charge in [0, 0.05) is 10.4 Å². The standard InChI is InChI=1S/C14H18N2OS/c1-3-17-13-7-5-4-6-12(13)14(16-15)11-8-10(2)18-9-11/h4-9,14,16H,3,15H2,1-2H3. The number of hydrogen-bond donors (Lipinski definition) is 2. The molecule has 0 aliphatic rings. The summed E-state index contributed by atoms with van der Waals surface area (Å²) in [5.74, 6) is 6.59. The lowest BCUT2D eigenvalue weighted by atomic mass is 10.0. The molecule has 1 heterocycles. The van der Waals surface area contributed by atoms with Crippen molar-refractivity contribution in [3.8, 4) is 5.75 Å². The normalized spacial score (nSPS) is 12.4. The van der Waals surface area contributed by atoms with Crippen molar-refractivity contribution in [2.45, 2.75) is 19.9 Å². The summed E-state index contributed by atoms with van der Waals surface area (Å²) in [7, 11) is 0. The van der Waals surface area contributed by atoms with Crippen LogP contribution in [0.2, 0.25) is 0 Å². The molecule has 0 spiro atoms. The number of rotatable bonds is 5. The zero-order valence-corrected chi connectivity index (χ0v) is 11.5. The van der Waals surface area contributed by atoms with Crippen LogP contribution in [-0.4, -0.2) is 6.61 Å².